The minimum atomic E-state index is -1.02. The average molecular weight is 385 g/mol. The molecular weight excluding hydrogens is 344 g/mol. The van der Waals surface area contributed by atoms with E-state index in [1.807, 2.05) is 13.8 Å². The van der Waals surface area contributed by atoms with Gasteiger partial charge in [0.25, 0.3) is 0 Å². The number of carboxylic acid groups (broad SMARTS) is 1. The van der Waals surface area contributed by atoms with Crippen LogP contribution in [0, 0.1) is 5.92 Å². The second kappa shape index (κ2) is 16.6. The number of nitrogens with one attached hydrogen (secondary N) is 2. The van der Waals surface area contributed by atoms with E-state index in [0.717, 1.165) is 12.8 Å². The maximum Gasteiger partial charge on any atom is 0.303 e. The van der Waals surface area contributed by atoms with E-state index in [-0.39, 0.29) is 24.7 Å². The van der Waals surface area contributed by atoms with Crippen molar-refractivity contribution in [2.45, 2.75) is 104 Å². The zero-order valence-corrected chi connectivity index (χ0v) is 17.5. The Bertz CT molecular complexity index is 424. The van der Waals surface area contributed by atoms with Gasteiger partial charge < -0.3 is 15.7 Å². The Labute approximate surface area is 164 Å². The summed E-state index contributed by atoms with van der Waals surface area (Å²) in [6.07, 6.45) is 12.1. The number of unbranched alkanes of at least 4 members (excludes halogenated alkanes) is 9. The van der Waals surface area contributed by atoms with Gasteiger partial charge in [-0.05, 0) is 12.3 Å². The van der Waals surface area contributed by atoms with Crippen LogP contribution in [0.15, 0.2) is 0 Å². The number of hydrogen-bond donors (Lipinski definition) is 3. The lowest BCUT2D eigenvalue weighted by Crippen LogP contribution is -2.49. The van der Waals surface area contributed by atoms with Crippen molar-refractivity contribution in [1.82, 2.24) is 10.6 Å². The molecule has 0 fully saturated rings. The van der Waals surface area contributed by atoms with E-state index in [2.05, 4.69) is 17.6 Å². The standard InChI is InChI=1S/C21H40N2O4/c1-4-5-6-7-8-9-10-11-12-13-16-22-21(27)20(17(2)3)23-18(24)14-15-19(25)26/h17,20H,4-16H2,1-3H3,(H,22,27)(H,23,24)(H,25,26)/t20-/m0/s1. The van der Waals surface area contributed by atoms with Crippen molar-refractivity contribution in [1.29, 1.82) is 0 Å². The molecule has 0 aromatic heterocycles. The zero-order valence-electron chi connectivity index (χ0n) is 17.5. The molecule has 0 aromatic rings. The summed E-state index contributed by atoms with van der Waals surface area (Å²) in [5, 5.41) is 14.2. The van der Waals surface area contributed by atoms with Gasteiger partial charge in [0.1, 0.15) is 6.04 Å². The van der Waals surface area contributed by atoms with Gasteiger partial charge in [-0.25, -0.2) is 0 Å². The fourth-order valence-electron chi connectivity index (χ4n) is 2.94. The molecule has 158 valence electrons. The molecule has 1 atom stereocenters. The maximum absolute atomic E-state index is 12.3. The molecule has 0 aliphatic rings. The fraction of sp³-hybridized carbons (Fsp3) is 0.857. The Hall–Kier alpha value is -1.59. The van der Waals surface area contributed by atoms with Gasteiger partial charge in [-0.2, -0.15) is 0 Å². The first-order valence-electron chi connectivity index (χ1n) is 10.7. The molecule has 3 N–H and O–H groups in total. The lowest BCUT2D eigenvalue weighted by molar-refractivity contribution is -0.139. The highest BCUT2D eigenvalue weighted by Crippen LogP contribution is 2.10. The first-order chi connectivity index (χ1) is 12.9. The molecule has 6 nitrogen and oxygen atoms in total. The number of aliphatic carboxylic acids is 1. The van der Waals surface area contributed by atoms with Crippen molar-refractivity contribution in [3.63, 3.8) is 0 Å². The molecule has 2 amide bonds. The molecule has 0 spiro atoms. The fourth-order valence-corrected chi connectivity index (χ4v) is 2.94. The van der Waals surface area contributed by atoms with Gasteiger partial charge in [0.2, 0.25) is 11.8 Å². The lowest BCUT2D eigenvalue weighted by atomic mass is 10.0. The first-order valence-corrected chi connectivity index (χ1v) is 10.7. The highest BCUT2D eigenvalue weighted by Gasteiger charge is 2.23. The summed E-state index contributed by atoms with van der Waals surface area (Å²) in [4.78, 5) is 34.6. The van der Waals surface area contributed by atoms with Crippen molar-refractivity contribution in [3.8, 4) is 0 Å². The highest BCUT2D eigenvalue weighted by atomic mass is 16.4. The van der Waals surface area contributed by atoms with Gasteiger partial charge in [0, 0.05) is 13.0 Å². The van der Waals surface area contributed by atoms with E-state index in [1.54, 1.807) is 0 Å². The Morgan fingerprint density at radius 2 is 1.33 bits per heavy atom. The van der Waals surface area contributed by atoms with E-state index in [0.29, 0.717) is 6.54 Å². The van der Waals surface area contributed by atoms with Crippen LogP contribution in [0.3, 0.4) is 0 Å². The summed E-state index contributed by atoms with van der Waals surface area (Å²) < 4.78 is 0. The number of carboxylic acids is 1. The Morgan fingerprint density at radius 3 is 1.81 bits per heavy atom. The van der Waals surface area contributed by atoms with Crippen LogP contribution in [0.4, 0.5) is 0 Å². The Balaban J connectivity index is 3.83. The van der Waals surface area contributed by atoms with Crippen LogP contribution in [0.5, 0.6) is 0 Å². The smallest absolute Gasteiger partial charge is 0.303 e. The SMILES string of the molecule is CCCCCCCCCCCCNC(=O)[C@@H](NC(=O)CCC(=O)O)C(C)C. The van der Waals surface area contributed by atoms with Gasteiger partial charge in [0.15, 0.2) is 0 Å². The molecule has 0 aliphatic carbocycles. The molecule has 0 rings (SSSR count). The van der Waals surface area contributed by atoms with Crippen LogP contribution in [0.25, 0.3) is 0 Å². The van der Waals surface area contributed by atoms with Gasteiger partial charge >= 0.3 is 5.97 Å². The molecule has 0 saturated heterocycles. The topological polar surface area (TPSA) is 95.5 Å². The minimum absolute atomic E-state index is 0.0495. The van der Waals surface area contributed by atoms with Crippen LogP contribution in [0.1, 0.15) is 97.8 Å². The van der Waals surface area contributed by atoms with Crippen molar-refractivity contribution >= 4 is 17.8 Å². The van der Waals surface area contributed by atoms with E-state index in [4.69, 9.17) is 5.11 Å². The second-order valence-electron chi connectivity index (χ2n) is 7.66. The van der Waals surface area contributed by atoms with Crippen LogP contribution in [-0.4, -0.2) is 35.5 Å². The van der Waals surface area contributed by atoms with Crippen molar-refractivity contribution in [2.24, 2.45) is 5.92 Å². The summed E-state index contributed by atoms with van der Waals surface area (Å²) >= 11 is 0. The zero-order chi connectivity index (χ0) is 20.5. The molecule has 0 bridgehead atoms. The summed E-state index contributed by atoms with van der Waals surface area (Å²) in [5.41, 5.74) is 0. The molecular formula is C21H40N2O4. The van der Waals surface area contributed by atoms with Crippen LogP contribution < -0.4 is 10.6 Å². The van der Waals surface area contributed by atoms with Crippen molar-refractivity contribution < 1.29 is 19.5 Å². The van der Waals surface area contributed by atoms with Gasteiger partial charge in [0.05, 0.1) is 6.42 Å². The third-order valence-electron chi connectivity index (χ3n) is 4.66. The molecule has 27 heavy (non-hydrogen) atoms. The Morgan fingerprint density at radius 1 is 0.815 bits per heavy atom. The Kier molecular flexibility index (Phi) is 15.6. The minimum Gasteiger partial charge on any atom is -0.481 e. The summed E-state index contributed by atoms with van der Waals surface area (Å²) in [6, 6.07) is -0.616. The highest BCUT2D eigenvalue weighted by molar-refractivity contribution is 5.88. The van der Waals surface area contributed by atoms with E-state index in [9.17, 15) is 14.4 Å². The summed E-state index contributed by atoms with van der Waals surface area (Å²) in [5.74, 6) is -1.65. The monoisotopic (exact) mass is 384 g/mol. The molecule has 0 aliphatic heterocycles. The predicted molar refractivity (Wildman–Crippen MR) is 108 cm³/mol. The number of amides is 2. The van der Waals surface area contributed by atoms with E-state index >= 15 is 0 Å². The molecule has 0 saturated carbocycles. The van der Waals surface area contributed by atoms with Gasteiger partial charge in [-0.1, -0.05) is 78.6 Å². The average Bonchev–Trinajstić information content (AvgIpc) is 2.62. The maximum atomic E-state index is 12.3. The first kappa shape index (κ1) is 25.4. The third kappa shape index (κ3) is 15.2. The van der Waals surface area contributed by atoms with Crippen molar-refractivity contribution in [3.05, 3.63) is 0 Å². The van der Waals surface area contributed by atoms with E-state index in [1.165, 1.54) is 51.4 Å². The third-order valence-corrected chi connectivity index (χ3v) is 4.66. The quantitative estimate of drug-likeness (QED) is 0.330. The van der Waals surface area contributed by atoms with Crippen LogP contribution in [-0.2, 0) is 14.4 Å². The molecule has 0 aromatic carbocycles. The van der Waals surface area contributed by atoms with Crippen molar-refractivity contribution in [2.75, 3.05) is 6.54 Å². The van der Waals surface area contributed by atoms with E-state index < -0.39 is 17.9 Å². The predicted octanol–water partition coefficient (Wildman–Crippen LogP) is 4.03. The largest absolute Gasteiger partial charge is 0.481 e. The number of rotatable bonds is 17. The van der Waals surface area contributed by atoms with Gasteiger partial charge in [-0.3, -0.25) is 14.4 Å². The normalized spacial score (nSPS) is 12.0. The number of carbonyl (C=O) groups is 3. The second-order valence-corrected chi connectivity index (χ2v) is 7.66. The summed E-state index contributed by atoms with van der Waals surface area (Å²) in [7, 11) is 0. The van der Waals surface area contributed by atoms with Crippen LogP contribution >= 0.6 is 0 Å². The van der Waals surface area contributed by atoms with Crippen LogP contribution in [0.2, 0.25) is 0 Å². The molecule has 0 unspecified atom stereocenters. The molecule has 0 heterocycles. The summed E-state index contributed by atoms with van der Waals surface area (Å²) in [6.45, 7) is 6.57. The molecule has 6 heteroatoms. The number of carbonyl (C=O) groups excluding carboxylic acids is 2. The molecule has 0 radical (unpaired) electrons. The van der Waals surface area contributed by atoms with Gasteiger partial charge in [-0.15, -0.1) is 0 Å². The lowest BCUT2D eigenvalue weighted by Gasteiger charge is -2.21. The number of hydrogen-bond acceptors (Lipinski definition) is 3.